The minimum absolute atomic E-state index is 0.224. The van der Waals surface area contributed by atoms with Crippen LogP contribution in [-0.2, 0) is 6.54 Å². The van der Waals surface area contributed by atoms with Gasteiger partial charge in [0.25, 0.3) is 0 Å². The van der Waals surface area contributed by atoms with E-state index in [9.17, 15) is 0 Å². The van der Waals surface area contributed by atoms with Crippen molar-refractivity contribution in [2.45, 2.75) is 19.5 Å². The number of hydrogen-bond acceptors (Lipinski definition) is 4. The molecule has 0 bridgehead atoms. The summed E-state index contributed by atoms with van der Waals surface area (Å²) in [4.78, 5) is 12.2. The quantitative estimate of drug-likeness (QED) is 0.842. The van der Waals surface area contributed by atoms with E-state index in [1.807, 2.05) is 30.6 Å². The van der Waals surface area contributed by atoms with Crippen LogP contribution in [0.5, 0.6) is 0 Å². The summed E-state index contributed by atoms with van der Waals surface area (Å²) < 4.78 is 0. The normalized spacial score (nSPS) is 12.3. The summed E-state index contributed by atoms with van der Waals surface area (Å²) in [5.41, 5.74) is 2.12. The molecule has 0 amide bonds. The van der Waals surface area contributed by atoms with Gasteiger partial charge in [0, 0.05) is 36.7 Å². The second-order valence-electron chi connectivity index (χ2n) is 3.60. The van der Waals surface area contributed by atoms with Gasteiger partial charge in [0.15, 0.2) is 0 Å². The van der Waals surface area contributed by atoms with Crippen molar-refractivity contribution in [1.82, 2.24) is 20.3 Å². The number of nitrogens with zero attached hydrogens (tertiary/aromatic N) is 3. The van der Waals surface area contributed by atoms with E-state index in [1.54, 1.807) is 6.20 Å². The molecule has 4 heteroatoms. The molecule has 0 unspecified atom stereocenters. The molecule has 0 saturated heterocycles. The van der Waals surface area contributed by atoms with E-state index in [-0.39, 0.29) is 6.04 Å². The lowest BCUT2D eigenvalue weighted by molar-refractivity contribution is 0.560. The topological polar surface area (TPSA) is 50.7 Å². The fourth-order valence-corrected chi connectivity index (χ4v) is 1.43. The van der Waals surface area contributed by atoms with Crippen LogP contribution in [0, 0.1) is 0 Å². The molecule has 0 saturated carbocycles. The molecule has 0 radical (unpaired) electrons. The predicted octanol–water partition coefficient (Wildman–Crippen LogP) is 1.72. The molecule has 0 aliphatic rings. The smallest absolute Gasteiger partial charge is 0.115 e. The van der Waals surface area contributed by atoms with Gasteiger partial charge in [-0.3, -0.25) is 4.98 Å². The Morgan fingerprint density at radius 1 is 1.25 bits per heavy atom. The van der Waals surface area contributed by atoms with Gasteiger partial charge < -0.3 is 5.32 Å². The maximum absolute atomic E-state index is 4.30. The molecular weight excluding hydrogens is 200 g/mol. The van der Waals surface area contributed by atoms with Gasteiger partial charge in [0.2, 0.25) is 0 Å². The van der Waals surface area contributed by atoms with Crippen molar-refractivity contribution < 1.29 is 0 Å². The van der Waals surface area contributed by atoms with Crippen LogP contribution in [0.2, 0.25) is 0 Å². The number of aromatic nitrogens is 3. The Hall–Kier alpha value is -1.81. The van der Waals surface area contributed by atoms with Crippen molar-refractivity contribution in [3.05, 3.63) is 54.4 Å². The van der Waals surface area contributed by atoms with E-state index in [2.05, 4.69) is 27.2 Å². The van der Waals surface area contributed by atoms with Crippen LogP contribution < -0.4 is 5.32 Å². The Morgan fingerprint density at radius 3 is 2.75 bits per heavy atom. The summed E-state index contributed by atoms with van der Waals surface area (Å²) >= 11 is 0. The molecule has 2 heterocycles. The van der Waals surface area contributed by atoms with Gasteiger partial charge in [-0.1, -0.05) is 6.07 Å². The van der Waals surface area contributed by atoms with Crippen molar-refractivity contribution in [2.24, 2.45) is 0 Å². The summed E-state index contributed by atoms with van der Waals surface area (Å²) in [5, 5.41) is 3.37. The summed E-state index contributed by atoms with van der Waals surface area (Å²) in [6, 6.07) is 6.15. The summed E-state index contributed by atoms with van der Waals surface area (Å²) in [7, 11) is 0. The summed E-state index contributed by atoms with van der Waals surface area (Å²) in [6.45, 7) is 2.84. The van der Waals surface area contributed by atoms with E-state index in [0.29, 0.717) is 0 Å². The lowest BCUT2D eigenvalue weighted by Crippen LogP contribution is -2.19. The van der Waals surface area contributed by atoms with E-state index < -0.39 is 0 Å². The average Bonchev–Trinajstić information content (AvgIpc) is 2.38. The first-order valence-electron chi connectivity index (χ1n) is 5.24. The van der Waals surface area contributed by atoms with Gasteiger partial charge in [-0.15, -0.1) is 0 Å². The minimum atomic E-state index is 0.224. The van der Waals surface area contributed by atoms with Crippen LogP contribution >= 0.6 is 0 Å². The van der Waals surface area contributed by atoms with Gasteiger partial charge in [0.05, 0.1) is 5.69 Å². The number of pyridine rings is 1. The van der Waals surface area contributed by atoms with Crippen molar-refractivity contribution in [3.8, 4) is 0 Å². The number of hydrogen-bond donors (Lipinski definition) is 1. The second kappa shape index (κ2) is 5.32. The zero-order chi connectivity index (χ0) is 11.2. The molecule has 0 fully saturated rings. The van der Waals surface area contributed by atoms with E-state index in [1.165, 1.54) is 6.33 Å². The Morgan fingerprint density at radius 2 is 2.06 bits per heavy atom. The van der Waals surface area contributed by atoms with Crippen LogP contribution in [0.25, 0.3) is 0 Å². The number of rotatable bonds is 4. The molecule has 0 aliphatic heterocycles. The predicted molar refractivity (Wildman–Crippen MR) is 61.5 cm³/mol. The fraction of sp³-hybridized carbons (Fsp3) is 0.250. The number of nitrogens with one attached hydrogen (secondary N) is 1. The third-order valence-electron chi connectivity index (χ3n) is 2.36. The SMILES string of the molecule is C[C@@H](NCc1cncnc1)c1ccccn1. The molecule has 2 rings (SSSR count). The zero-order valence-corrected chi connectivity index (χ0v) is 9.17. The van der Waals surface area contributed by atoms with Crippen LogP contribution in [-0.4, -0.2) is 15.0 Å². The minimum Gasteiger partial charge on any atom is -0.305 e. The molecule has 16 heavy (non-hydrogen) atoms. The highest BCUT2D eigenvalue weighted by Gasteiger charge is 2.04. The van der Waals surface area contributed by atoms with Gasteiger partial charge in [-0.25, -0.2) is 9.97 Å². The monoisotopic (exact) mass is 214 g/mol. The van der Waals surface area contributed by atoms with Crippen molar-refractivity contribution in [3.63, 3.8) is 0 Å². The maximum Gasteiger partial charge on any atom is 0.115 e. The van der Waals surface area contributed by atoms with Crippen molar-refractivity contribution in [1.29, 1.82) is 0 Å². The highest BCUT2D eigenvalue weighted by molar-refractivity contribution is 5.09. The summed E-state index contributed by atoms with van der Waals surface area (Å²) in [6.07, 6.45) is 6.96. The molecule has 0 aliphatic carbocycles. The largest absolute Gasteiger partial charge is 0.305 e. The Balaban J connectivity index is 1.92. The Kier molecular flexibility index (Phi) is 3.56. The van der Waals surface area contributed by atoms with Crippen LogP contribution in [0.1, 0.15) is 24.2 Å². The van der Waals surface area contributed by atoms with E-state index in [4.69, 9.17) is 0 Å². The molecule has 0 aromatic carbocycles. The first-order valence-corrected chi connectivity index (χ1v) is 5.24. The molecule has 82 valence electrons. The van der Waals surface area contributed by atoms with Crippen molar-refractivity contribution in [2.75, 3.05) is 0 Å². The highest BCUT2D eigenvalue weighted by atomic mass is 14.9. The van der Waals surface area contributed by atoms with Gasteiger partial charge in [-0.2, -0.15) is 0 Å². The van der Waals surface area contributed by atoms with E-state index in [0.717, 1.165) is 17.8 Å². The first kappa shape index (κ1) is 10.7. The van der Waals surface area contributed by atoms with E-state index >= 15 is 0 Å². The fourth-order valence-electron chi connectivity index (χ4n) is 1.43. The molecule has 2 aromatic heterocycles. The lowest BCUT2D eigenvalue weighted by atomic mass is 10.2. The Labute approximate surface area is 94.8 Å². The highest BCUT2D eigenvalue weighted by Crippen LogP contribution is 2.08. The Bertz CT molecular complexity index is 416. The zero-order valence-electron chi connectivity index (χ0n) is 9.17. The second-order valence-corrected chi connectivity index (χ2v) is 3.60. The van der Waals surface area contributed by atoms with Crippen LogP contribution in [0.4, 0.5) is 0 Å². The molecule has 0 spiro atoms. The standard InChI is InChI=1S/C12H14N4/c1-10(12-4-2-3-5-15-12)16-8-11-6-13-9-14-7-11/h2-7,9-10,16H,8H2,1H3/t10-/m1/s1. The molecule has 2 aromatic rings. The van der Waals surface area contributed by atoms with Crippen molar-refractivity contribution >= 4 is 0 Å². The summed E-state index contributed by atoms with van der Waals surface area (Å²) in [5.74, 6) is 0. The average molecular weight is 214 g/mol. The first-order chi connectivity index (χ1) is 7.86. The third-order valence-corrected chi connectivity index (χ3v) is 2.36. The van der Waals surface area contributed by atoms with Crippen LogP contribution in [0.15, 0.2) is 43.1 Å². The third kappa shape index (κ3) is 2.84. The molecule has 4 nitrogen and oxygen atoms in total. The maximum atomic E-state index is 4.30. The van der Waals surface area contributed by atoms with Crippen LogP contribution in [0.3, 0.4) is 0 Å². The lowest BCUT2D eigenvalue weighted by Gasteiger charge is -2.12. The molecule has 1 atom stereocenters. The van der Waals surface area contributed by atoms with Gasteiger partial charge >= 0.3 is 0 Å². The molecular formula is C12H14N4. The molecule has 1 N–H and O–H groups in total. The van der Waals surface area contributed by atoms with Gasteiger partial charge in [0.1, 0.15) is 6.33 Å². The van der Waals surface area contributed by atoms with Gasteiger partial charge in [-0.05, 0) is 19.1 Å².